The van der Waals surface area contributed by atoms with E-state index < -0.39 is 0 Å². The second kappa shape index (κ2) is 5.23. The molecule has 1 heterocycles. The molecule has 0 N–H and O–H groups in total. The minimum atomic E-state index is 0.614. The van der Waals surface area contributed by atoms with E-state index in [1.165, 1.54) is 0 Å². The first-order valence-electron chi connectivity index (χ1n) is 6.34. The van der Waals surface area contributed by atoms with E-state index in [0.29, 0.717) is 5.56 Å². The molecule has 0 bridgehead atoms. The van der Waals surface area contributed by atoms with Crippen molar-refractivity contribution in [2.24, 2.45) is 7.05 Å². The molecule has 0 aliphatic rings. The van der Waals surface area contributed by atoms with Crippen LogP contribution in [-0.2, 0) is 7.05 Å². The fraction of sp³-hybridized carbons (Fsp3) is 0.125. The summed E-state index contributed by atoms with van der Waals surface area (Å²) < 4.78 is 8.15. The van der Waals surface area contributed by atoms with Gasteiger partial charge >= 0.3 is 0 Å². The van der Waals surface area contributed by atoms with E-state index >= 15 is 0 Å². The lowest BCUT2D eigenvalue weighted by atomic mass is 10.2. The van der Waals surface area contributed by atoms with Crippen molar-refractivity contribution in [1.82, 2.24) is 9.55 Å². The van der Waals surface area contributed by atoms with Gasteiger partial charge in [-0.15, -0.1) is 0 Å². The standard InChI is InChI=1S/C16H12BrN3O/c1-20-14-5-3-10(9-18)7-13(14)19-16(20)11-4-6-15(21-2)12(17)8-11/h3-8H,1-2H3. The van der Waals surface area contributed by atoms with Crippen LogP contribution in [0, 0.1) is 11.3 Å². The van der Waals surface area contributed by atoms with Crippen LogP contribution < -0.4 is 4.74 Å². The van der Waals surface area contributed by atoms with Crippen LogP contribution in [0.1, 0.15) is 5.56 Å². The number of hydrogen-bond acceptors (Lipinski definition) is 3. The Morgan fingerprint density at radius 1 is 1.24 bits per heavy atom. The second-order valence-electron chi connectivity index (χ2n) is 4.66. The Morgan fingerprint density at radius 3 is 2.71 bits per heavy atom. The van der Waals surface area contributed by atoms with E-state index in [2.05, 4.69) is 27.0 Å². The number of fused-ring (bicyclic) bond motifs is 1. The second-order valence-corrected chi connectivity index (χ2v) is 5.51. The largest absolute Gasteiger partial charge is 0.496 e. The highest BCUT2D eigenvalue weighted by molar-refractivity contribution is 9.10. The SMILES string of the molecule is COc1ccc(-c2nc3cc(C#N)ccc3n2C)cc1Br. The van der Waals surface area contributed by atoms with Gasteiger partial charge in [0.25, 0.3) is 0 Å². The first-order chi connectivity index (χ1) is 10.1. The average Bonchev–Trinajstić information content (AvgIpc) is 2.83. The van der Waals surface area contributed by atoms with Crippen LogP contribution in [0.5, 0.6) is 5.75 Å². The summed E-state index contributed by atoms with van der Waals surface area (Å²) in [5.74, 6) is 1.63. The third kappa shape index (κ3) is 2.28. The van der Waals surface area contributed by atoms with E-state index in [1.807, 2.05) is 35.9 Å². The van der Waals surface area contributed by atoms with Crippen LogP contribution in [0.3, 0.4) is 0 Å². The van der Waals surface area contributed by atoms with Gasteiger partial charge in [0, 0.05) is 12.6 Å². The molecule has 3 aromatic rings. The number of rotatable bonds is 2. The molecule has 3 rings (SSSR count). The minimum absolute atomic E-state index is 0.614. The molecule has 0 saturated heterocycles. The van der Waals surface area contributed by atoms with Crippen molar-refractivity contribution in [3.8, 4) is 23.2 Å². The normalized spacial score (nSPS) is 10.6. The monoisotopic (exact) mass is 341 g/mol. The lowest BCUT2D eigenvalue weighted by molar-refractivity contribution is 0.412. The van der Waals surface area contributed by atoms with Gasteiger partial charge in [-0.1, -0.05) is 0 Å². The maximum absolute atomic E-state index is 8.98. The smallest absolute Gasteiger partial charge is 0.140 e. The Morgan fingerprint density at radius 2 is 2.05 bits per heavy atom. The van der Waals surface area contributed by atoms with Crippen molar-refractivity contribution in [3.63, 3.8) is 0 Å². The number of ether oxygens (including phenoxy) is 1. The third-order valence-corrected chi connectivity index (χ3v) is 4.04. The van der Waals surface area contributed by atoms with Crippen molar-refractivity contribution in [1.29, 1.82) is 5.26 Å². The van der Waals surface area contributed by atoms with Crippen LogP contribution in [0.25, 0.3) is 22.4 Å². The summed E-state index contributed by atoms with van der Waals surface area (Å²) in [7, 11) is 3.60. The maximum atomic E-state index is 8.98. The van der Waals surface area contributed by atoms with Crippen molar-refractivity contribution < 1.29 is 4.74 Å². The quantitative estimate of drug-likeness (QED) is 0.710. The van der Waals surface area contributed by atoms with Gasteiger partial charge in [0.1, 0.15) is 11.6 Å². The van der Waals surface area contributed by atoms with Crippen molar-refractivity contribution in [2.75, 3.05) is 7.11 Å². The summed E-state index contributed by atoms with van der Waals surface area (Å²) >= 11 is 3.49. The average molecular weight is 342 g/mol. The summed E-state index contributed by atoms with van der Waals surface area (Å²) in [4.78, 5) is 4.64. The molecule has 2 aromatic carbocycles. The molecular formula is C16H12BrN3O. The van der Waals surface area contributed by atoms with E-state index in [-0.39, 0.29) is 0 Å². The molecule has 0 amide bonds. The first kappa shape index (κ1) is 13.7. The van der Waals surface area contributed by atoms with Gasteiger partial charge < -0.3 is 9.30 Å². The Bertz CT molecular complexity index is 877. The molecule has 4 nitrogen and oxygen atoms in total. The Labute approximate surface area is 130 Å². The highest BCUT2D eigenvalue weighted by atomic mass is 79.9. The molecular weight excluding hydrogens is 330 g/mol. The summed E-state index contributed by atoms with van der Waals surface area (Å²) in [6.45, 7) is 0. The number of aryl methyl sites for hydroxylation is 1. The minimum Gasteiger partial charge on any atom is -0.496 e. The number of benzene rings is 2. The van der Waals surface area contributed by atoms with Gasteiger partial charge in [-0.25, -0.2) is 4.98 Å². The van der Waals surface area contributed by atoms with Crippen LogP contribution in [-0.4, -0.2) is 16.7 Å². The van der Waals surface area contributed by atoms with Gasteiger partial charge in [-0.3, -0.25) is 0 Å². The number of halogens is 1. The summed E-state index contributed by atoms with van der Waals surface area (Å²) in [5, 5.41) is 8.98. The third-order valence-electron chi connectivity index (χ3n) is 3.42. The van der Waals surface area contributed by atoms with Crippen LogP contribution in [0.2, 0.25) is 0 Å². The highest BCUT2D eigenvalue weighted by Gasteiger charge is 2.12. The zero-order valence-electron chi connectivity index (χ0n) is 11.6. The number of nitrogens with zero attached hydrogens (tertiary/aromatic N) is 3. The van der Waals surface area contributed by atoms with Gasteiger partial charge in [-0.2, -0.15) is 5.26 Å². The molecule has 0 unspecified atom stereocenters. The Hall–Kier alpha value is -2.32. The lowest BCUT2D eigenvalue weighted by Gasteiger charge is -2.06. The number of aromatic nitrogens is 2. The van der Waals surface area contributed by atoms with Crippen LogP contribution in [0.4, 0.5) is 0 Å². The Balaban J connectivity index is 2.18. The number of hydrogen-bond donors (Lipinski definition) is 0. The van der Waals surface area contributed by atoms with Crippen LogP contribution >= 0.6 is 15.9 Å². The van der Waals surface area contributed by atoms with Crippen molar-refractivity contribution >= 4 is 27.0 Å². The van der Waals surface area contributed by atoms with Crippen molar-refractivity contribution in [2.45, 2.75) is 0 Å². The highest BCUT2D eigenvalue weighted by Crippen LogP contribution is 2.31. The van der Waals surface area contributed by atoms with Gasteiger partial charge in [0.2, 0.25) is 0 Å². The molecule has 0 radical (unpaired) electrons. The number of nitriles is 1. The number of methoxy groups -OCH3 is 1. The predicted octanol–water partition coefficient (Wildman–Crippen LogP) is 3.88. The first-order valence-corrected chi connectivity index (χ1v) is 7.14. The van der Waals surface area contributed by atoms with Gasteiger partial charge in [0.15, 0.2) is 0 Å². The molecule has 0 atom stereocenters. The molecule has 0 saturated carbocycles. The summed E-state index contributed by atoms with van der Waals surface area (Å²) in [6, 6.07) is 13.5. The molecule has 0 aliphatic heterocycles. The van der Waals surface area contributed by atoms with Gasteiger partial charge in [0.05, 0.1) is 34.2 Å². The zero-order valence-corrected chi connectivity index (χ0v) is 13.2. The molecule has 1 aromatic heterocycles. The fourth-order valence-electron chi connectivity index (χ4n) is 2.33. The fourth-order valence-corrected chi connectivity index (χ4v) is 2.87. The van der Waals surface area contributed by atoms with E-state index in [9.17, 15) is 0 Å². The lowest BCUT2D eigenvalue weighted by Crippen LogP contribution is -1.93. The molecule has 0 spiro atoms. The number of imidazole rings is 1. The summed E-state index contributed by atoms with van der Waals surface area (Å²) in [6.07, 6.45) is 0. The van der Waals surface area contributed by atoms with Gasteiger partial charge in [-0.05, 0) is 52.3 Å². The van der Waals surface area contributed by atoms with Crippen LogP contribution in [0.15, 0.2) is 40.9 Å². The summed E-state index contributed by atoms with van der Waals surface area (Å²) in [5.41, 5.74) is 3.41. The predicted molar refractivity (Wildman–Crippen MR) is 85.1 cm³/mol. The van der Waals surface area contributed by atoms with E-state index in [1.54, 1.807) is 19.2 Å². The molecule has 0 fully saturated rings. The molecule has 5 heteroatoms. The molecule has 0 aliphatic carbocycles. The Kier molecular flexibility index (Phi) is 3.40. The van der Waals surface area contributed by atoms with E-state index in [0.717, 1.165) is 32.6 Å². The van der Waals surface area contributed by atoms with Crippen molar-refractivity contribution in [3.05, 3.63) is 46.4 Å². The topological polar surface area (TPSA) is 50.8 Å². The molecule has 21 heavy (non-hydrogen) atoms. The maximum Gasteiger partial charge on any atom is 0.140 e. The zero-order chi connectivity index (χ0) is 15.0. The molecule has 104 valence electrons. The van der Waals surface area contributed by atoms with E-state index in [4.69, 9.17) is 10.00 Å².